The van der Waals surface area contributed by atoms with E-state index < -0.39 is 0 Å². The molecule has 0 aliphatic heterocycles. The summed E-state index contributed by atoms with van der Waals surface area (Å²) in [6.45, 7) is 8.03. The molecule has 0 saturated heterocycles. The van der Waals surface area contributed by atoms with Crippen LogP contribution in [0.25, 0.3) is 0 Å². The van der Waals surface area contributed by atoms with Gasteiger partial charge in [0, 0.05) is 6.61 Å². The van der Waals surface area contributed by atoms with Crippen molar-refractivity contribution in [3.8, 4) is 0 Å². The van der Waals surface area contributed by atoms with Crippen molar-refractivity contribution in [2.24, 2.45) is 5.41 Å². The normalized spacial score (nSPS) is 11.6. The molecular formula is C33H58O3. The predicted octanol–water partition coefficient (Wildman–Crippen LogP) is 10.2. The first-order valence-corrected chi connectivity index (χ1v) is 15.3. The summed E-state index contributed by atoms with van der Waals surface area (Å²) < 4.78 is 10.9. The Morgan fingerprint density at radius 2 is 1.06 bits per heavy atom. The molecule has 0 spiro atoms. The van der Waals surface area contributed by atoms with Crippen LogP contribution in [0.4, 0.5) is 0 Å². The van der Waals surface area contributed by atoms with Crippen LogP contribution in [-0.4, -0.2) is 19.2 Å². The Hall–Kier alpha value is -1.35. The maximum absolute atomic E-state index is 11.9. The maximum Gasteiger partial charge on any atom is 0.311 e. The third-order valence-electron chi connectivity index (χ3n) is 7.28. The number of hydrogen-bond acceptors (Lipinski definition) is 3. The van der Waals surface area contributed by atoms with E-state index in [1.165, 1.54) is 115 Å². The fourth-order valence-electron chi connectivity index (χ4n) is 4.79. The lowest BCUT2D eigenvalue weighted by Crippen LogP contribution is -2.26. The molecule has 0 aromatic heterocycles. The SMILES string of the molecule is CCOC(=O)C(C)(C)CCCCCCCCCCCCCCCCCCCCOCc1ccccc1. The van der Waals surface area contributed by atoms with E-state index in [2.05, 4.69) is 30.3 Å². The number of ether oxygens (including phenoxy) is 2. The molecular weight excluding hydrogens is 444 g/mol. The molecule has 0 N–H and O–H groups in total. The van der Waals surface area contributed by atoms with Crippen molar-refractivity contribution in [3.63, 3.8) is 0 Å². The molecule has 1 aromatic rings. The number of esters is 1. The molecule has 0 saturated carbocycles. The molecule has 208 valence electrons. The predicted molar refractivity (Wildman–Crippen MR) is 154 cm³/mol. The number of hydrogen-bond donors (Lipinski definition) is 0. The van der Waals surface area contributed by atoms with Crippen LogP contribution in [-0.2, 0) is 20.9 Å². The van der Waals surface area contributed by atoms with E-state index in [0.717, 1.165) is 26.1 Å². The average Bonchev–Trinajstić information content (AvgIpc) is 2.87. The molecule has 0 aliphatic rings. The zero-order valence-electron chi connectivity index (χ0n) is 24.2. The number of benzene rings is 1. The summed E-state index contributed by atoms with van der Waals surface area (Å²) in [6.07, 6.45) is 25.3. The molecule has 0 unspecified atom stereocenters. The minimum absolute atomic E-state index is 0.0443. The highest BCUT2D eigenvalue weighted by Gasteiger charge is 2.28. The summed E-state index contributed by atoms with van der Waals surface area (Å²) in [7, 11) is 0. The van der Waals surface area contributed by atoms with Gasteiger partial charge in [-0.25, -0.2) is 0 Å². The number of unbranched alkanes of at least 4 members (excludes halogenated alkanes) is 17. The molecule has 36 heavy (non-hydrogen) atoms. The smallest absolute Gasteiger partial charge is 0.311 e. The first-order chi connectivity index (χ1) is 17.6. The van der Waals surface area contributed by atoms with Crippen LogP contribution >= 0.6 is 0 Å². The lowest BCUT2D eigenvalue weighted by Gasteiger charge is -2.21. The van der Waals surface area contributed by atoms with Crippen LogP contribution in [0.3, 0.4) is 0 Å². The largest absolute Gasteiger partial charge is 0.466 e. The van der Waals surface area contributed by atoms with Gasteiger partial charge in [0.05, 0.1) is 18.6 Å². The standard InChI is InChI=1S/C33H58O3/c1-4-36-32(34)33(2,3)28-24-19-17-15-13-11-9-7-5-6-8-10-12-14-16-18-20-25-29-35-30-31-26-22-21-23-27-31/h21-23,26-27H,4-20,24-25,28-30H2,1-3H3. The molecule has 0 bridgehead atoms. The fraction of sp³-hybridized carbons (Fsp3) is 0.788. The van der Waals surface area contributed by atoms with E-state index in [-0.39, 0.29) is 11.4 Å². The van der Waals surface area contributed by atoms with Crippen LogP contribution in [0.15, 0.2) is 30.3 Å². The lowest BCUT2D eigenvalue weighted by molar-refractivity contribution is -0.153. The molecule has 3 heteroatoms. The van der Waals surface area contributed by atoms with Gasteiger partial charge in [-0.15, -0.1) is 0 Å². The van der Waals surface area contributed by atoms with Crippen molar-refractivity contribution >= 4 is 5.97 Å². The summed E-state index contributed by atoms with van der Waals surface area (Å²) in [5.74, 6) is -0.0443. The number of carbonyl (C=O) groups excluding carboxylic acids is 1. The van der Waals surface area contributed by atoms with Crippen LogP contribution in [0.5, 0.6) is 0 Å². The van der Waals surface area contributed by atoms with Gasteiger partial charge < -0.3 is 9.47 Å². The van der Waals surface area contributed by atoms with Crippen molar-refractivity contribution < 1.29 is 14.3 Å². The second-order valence-electron chi connectivity index (χ2n) is 11.3. The Kier molecular flexibility index (Phi) is 20.7. The third-order valence-corrected chi connectivity index (χ3v) is 7.28. The first kappa shape index (κ1) is 32.7. The Balaban J connectivity index is 1.72. The first-order valence-electron chi connectivity index (χ1n) is 15.3. The minimum atomic E-state index is -0.325. The van der Waals surface area contributed by atoms with Gasteiger partial charge in [0.2, 0.25) is 0 Å². The molecule has 0 heterocycles. The highest BCUT2D eigenvalue weighted by molar-refractivity contribution is 5.75. The average molecular weight is 503 g/mol. The quantitative estimate of drug-likeness (QED) is 0.0985. The molecule has 0 amide bonds. The van der Waals surface area contributed by atoms with Crippen LogP contribution in [0.1, 0.15) is 148 Å². The fourth-order valence-corrected chi connectivity index (χ4v) is 4.79. The van der Waals surface area contributed by atoms with Crippen molar-refractivity contribution in [2.45, 2.75) is 149 Å². The molecule has 0 fully saturated rings. The second kappa shape index (κ2) is 22.8. The number of rotatable bonds is 25. The van der Waals surface area contributed by atoms with E-state index in [0.29, 0.717) is 6.61 Å². The Morgan fingerprint density at radius 3 is 1.50 bits per heavy atom. The Labute approximate surface area is 224 Å². The van der Waals surface area contributed by atoms with E-state index in [4.69, 9.17) is 9.47 Å². The molecule has 3 nitrogen and oxygen atoms in total. The van der Waals surface area contributed by atoms with Gasteiger partial charge in [-0.3, -0.25) is 4.79 Å². The zero-order valence-corrected chi connectivity index (χ0v) is 24.2. The van der Waals surface area contributed by atoms with Gasteiger partial charge in [-0.2, -0.15) is 0 Å². The van der Waals surface area contributed by atoms with E-state index in [1.54, 1.807) is 0 Å². The van der Waals surface area contributed by atoms with Crippen molar-refractivity contribution in [1.82, 2.24) is 0 Å². The summed E-state index contributed by atoms with van der Waals surface area (Å²) in [5.41, 5.74) is 0.947. The molecule has 0 radical (unpaired) electrons. The summed E-state index contributed by atoms with van der Waals surface area (Å²) >= 11 is 0. The van der Waals surface area contributed by atoms with Gasteiger partial charge in [-0.05, 0) is 39.2 Å². The summed E-state index contributed by atoms with van der Waals surface area (Å²) in [6, 6.07) is 10.5. The summed E-state index contributed by atoms with van der Waals surface area (Å²) in [4.78, 5) is 11.9. The molecule has 1 rings (SSSR count). The van der Waals surface area contributed by atoms with E-state index in [9.17, 15) is 4.79 Å². The zero-order chi connectivity index (χ0) is 26.2. The second-order valence-corrected chi connectivity index (χ2v) is 11.3. The van der Waals surface area contributed by atoms with Gasteiger partial charge in [0.1, 0.15) is 0 Å². The summed E-state index contributed by atoms with van der Waals surface area (Å²) in [5, 5.41) is 0. The third kappa shape index (κ3) is 18.9. The number of carbonyl (C=O) groups is 1. The van der Waals surface area contributed by atoms with Crippen molar-refractivity contribution in [2.75, 3.05) is 13.2 Å². The molecule has 0 aliphatic carbocycles. The van der Waals surface area contributed by atoms with E-state index >= 15 is 0 Å². The van der Waals surface area contributed by atoms with Crippen molar-refractivity contribution in [3.05, 3.63) is 35.9 Å². The topological polar surface area (TPSA) is 35.5 Å². The highest BCUT2D eigenvalue weighted by Crippen LogP contribution is 2.26. The van der Waals surface area contributed by atoms with Crippen molar-refractivity contribution in [1.29, 1.82) is 0 Å². The van der Waals surface area contributed by atoms with Crippen LogP contribution < -0.4 is 0 Å². The van der Waals surface area contributed by atoms with E-state index in [1.807, 2.05) is 20.8 Å². The van der Waals surface area contributed by atoms with Gasteiger partial charge in [-0.1, -0.05) is 139 Å². The van der Waals surface area contributed by atoms with Crippen LogP contribution in [0, 0.1) is 5.41 Å². The van der Waals surface area contributed by atoms with Gasteiger partial charge in [0.15, 0.2) is 0 Å². The molecule has 0 atom stereocenters. The Bertz CT molecular complexity index is 611. The maximum atomic E-state index is 11.9. The Morgan fingerprint density at radius 1 is 0.639 bits per heavy atom. The minimum Gasteiger partial charge on any atom is -0.466 e. The lowest BCUT2D eigenvalue weighted by atomic mass is 9.87. The van der Waals surface area contributed by atoms with Gasteiger partial charge >= 0.3 is 5.97 Å². The van der Waals surface area contributed by atoms with Crippen LogP contribution in [0.2, 0.25) is 0 Å². The monoisotopic (exact) mass is 502 g/mol. The van der Waals surface area contributed by atoms with Gasteiger partial charge in [0.25, 0.3) is 0 Å². The highest BCUT2D eigenvalue weighted by atomic mass is 16.5. The molecule has 1 aromatic carbocycles.